The summed E-state index contributed by atoms with van der Waals surface area (Å²) in [6.45, 7) is 6.52. The maximum Gasteiger partial charge on any atom is 0.410 e. The molecule has 0 unspecified atom stereocenters. The van der Waals surface area contributed by atoms with E-state index in [0.717, 1.165) is 17.8 Å². The summed E-state index contributed by atoms with van der Waals surface area (Å²) in [6, 6.07) is 0. The number of nitrogens with zero attached hydrogens (tertiary/aromatic N) is 1. The summed E-state index contributed by atoms with van der Waals surface area (Å²) in [4.78, 5) is 38.9. The standard InChI is InChI=1S/C23H37N3O4/c1-22(2,3)30-21(29)26-6-4-18(5-7-26)20(28)25-24-19(27)14-23-11-15-8-16(12-23)10-17(9-15)13-23/h15-18H,4-14H2,1-3H3,(H,24,27)(H,25,28). The van der Waals surface area contributed by atoms with Gasteiger partial charge in [-0.2, -0.15) is 0 Å². The van der Waals surface area contributed by atoms with Crippen LogP contribution >= 0.6 is 0 Å². The van der Waals surface area contributed by atoms with Gasteiger partial charge in [-0.1, -0.05) is 0 Å². The maximum atomic E-state index is 12.6. The average Bonchev–Trinajstić information content (AvgIpc) is 2.63. The number of carbonyl (C=O) groups is 3. The predicted molar refractivity (Wildman–Crippen MR) is 112 cm³/mol. The van der Waals surface area contributed by atoms with Crippen LogP contribution in [-0.2, 0) is 14.3 Å². The Bertz CT molecular complexity index is 656. The predicted octanol–water partition coefficient (Wildman–Crippen LogP) is 3.39. The van der Waals surface area contributed by atoms with Crippen LogP contribution in [0.1, 0.15) is 78.6 Å². The monoisotopic (exact) mass is 419 g/mol. The molecular formula is C23H37N3O4. The molecule has 2 N–H and O–H groups in total. The van der Waals surface area contributed by atoms with Gasteiger partial charge in [0.1, 0.15) is 5.60 Å². The molecule has 1 heterocycles. The zero-order valence-electron chi connectivity index (χ0n) is 18.7. The van der Waals surface area contributed by atoms with E-state index in [4.69, 9.17) is 4.74 Å². The van der Waals surface area contributed by atoms with E-state index >= 15 is 0 Å². The third-order valence-electron chi connectivity index (χ3n) is 7.54. The van der Waals surface area contributed by atoms with Crippen LogP contribution in [0.3, 0.4) is 0 Å². The molecule has 0 spiro atoms. The summed E-state index contributed by atoms with van der Waals surface area (Å²) in [7, 11) is 0. The lowest BCUT2D eigenvalue weighted by molar-refractivity contribution is -0.136. The zero-order chi connectivity index (χ0) is 21.5. The van der Waals surface area contributed by atoms with E-state index < -0.39 is 5.60 Å². The first-order chi connectivity index (χ1) is 14.1. The Morgan fingerprint density at radius 2 is 1.47 bits per heavy atom. The molecule has 5 aliphatic rings. The highest BCUT2D eigenvalue weighted by molar-refractivity contribution is 5.83. The number of piperidine rings is 1. The highest BCUT2D eigenvalue weighted by Gasteiger charge is 2.51. The van der Waals surface area contributed by atoms with Gasteiger partial charge in [-0.15, -0.1) is 0 Å². The zero-order valence-corrected chi connectivity index (χ0v) is 18.7. The van der Waals surface area contributed by atoms with Gasteiger partial charge in [0.25, 0.3) is 0 Å². The highest BCUT2D eigenvalue weighted by Crippen LogP contribution is 2.61. The van der Waals surface area contributed by atoms with E-state index in [1.54, 1.807) is 4.90 Å². The van der Waals surface area contributed by atoms with Gasteiger partial charge >= 0.3 is 6.09 Å². The van der Waals surface area contributed by atoms with Crippen LogP contribution in [0.2, 0.25) is 0 Å². The molecule has 7 nitrogen and oxygen atoms in total. The van der Waals surface area contributed by atoms with Gasteiger partial charge in [0.15, 0.2) is 0 Å². The smallest absolute Gasteiger partial charge is 0.410 e. The molecule has 30 heavy (non-hydrogen) atoms. The molecule has 4 aliphatic carbocycles. The van der Waals surface area contributed by atoms with Crippen LogP contribution in [0, 0.1) is 29.1 Å². The minimum absolute atomic E-state index is 0.0588. The van der Waals surface area contributed by atoms with E-state index in [1.165, 1.54) is 38.5 Å². The summed E-state index contributed by atoms with van der Waals surface area (Å²) >= 11 is 0. The fraction of sp³-hybridized carbons (Fsp3) is 0.870. The summed E-state index contributed by atoms with van der Waals surface area (Å²) < 4.78 is 5.40. The molecule has 5 fully saturated rings. The molecule has 0 atom stereocenters. The summed E-state index contributed by atoms with van der Waals surface area (Å²) in [5.74, 6) is 2.04. The number of amides is 3. The molecule has 5 rings (SSSR count). The first-order valence-corrected chi connectivity index (χ1v) is 11.7. The number of rotatable bonds is 3. The minimum Gasteiger partial charge on any atom is -0.444 e. The van der Waals surface area contributed by atoms with Crippen molar-refractivity contribution in [3.8, 4) is 0 Å². The van der Waals surface area contributed by atoms with Gasteiger partial charge in [-0.3, -0.25) is 20.4 Å². The van der Waals surface area contributed by atoms with Crippen LogP contribution in [0.4, 0.5) is 4.79 Å². The van der Waals surface area contributed by atoms with E-state index in [0.29, 0.717) is 32.4 Å². The Labute approximate surface area is 179 Å². The second-order valence-corrected chi connectivity index (χ2v) is 11.4. The molecule has 1 aliphatic heterocycles. The van der Waals surface area contributed by atoms with Gasteiger partial charge in [-0.25, -0.2) is 4.79 Å². The van der Waals surface area contributed by atoms with Crippen molar-refractivity contribution in [3.63, 3.8) is 0 Å². The van der Waals surface area contributed by atoms with Gasteiger partial charge in [0, 0.05) is 25.4 Å². The molecule has 0 aromatic carbocycles. The van der Waals surface area contributed by atoms with E-state index in [2.05, 4.69) is 10.9 Å². The SMILES string of the molecule is CC(C)(C)OC(=O)N1CCC(C(=O)NNC(=O)CC23CC4CC(CC(C4)C2)C3)CC1. The summed E-state index contributed by atoms with van der Waals surface area (Å²) in [6.07, 6.45) is 9.00. The van der Waals surface area contributed by atoms with E-state index in [1.807, 2.05) is 20.8 Å². The van der Waals surface area contributed by atoms with Crippen molar-refractivity contribution in [3.05, 3.63) is 0 Å². The molecular weight excluding hydrogens is 382 g/mol. The second kappa shape index (κ2) is 8.04. The minimum atomic E-state index is -0.522. The number of hydrogen-bond donors (Lipinski definition) is 2. The Kier molecular flexibility index (Phi) is 5.75. The number of ether oxygens (including phenoxy) is 1. The van der Waals surface area contributed by atoms with Crippen LogP contribution in [-0.4, -0.2) is 41.5 Å². The Hall–Kier alpha value is -1.79. The number of carbonyl (C=O) groups excluding carboxylic acids is 3. The number of hydrogen-bond acceptors (Lipinski definition) is 4. The van der Waals surface area contributed by atoms with Crippen LogP contribution < -0.4 is 10.9 Å². The van der Waals surface area contributed by atoms with Gasteiger partial charge in [-0.05, 0) is 95.3 Å². The molecule has 4 bridgehead atoms. The molecule has 7 heteroatoms. The number of nitrogens with one attached hydrogen (secondary N) is 2. The third-order valence-corrected chi connectivity index (χ3v) is 7.54. The van der Waals surface area contributed by atoms with Gasteiger partial charge in [0.2, 0.25) is 11.8 Å². The van der Waals surface area contributed by atoms with Crippen molar-refractivity contribution in [2.75, 3.05) is 13.1 Å². The van der Waals surface area contributed by atoms with E-state index in [9.17, 15) is 14.4 Å². The summed E-state index contributed by atoms with van der Waals surface area (Å²) in [5, 5.41) is 0. The van der Waals surface area contributed by atoms with Crippen molar-refractivity contribution in [1.82, 2.24) is 15.8 Å². The second-order valence-electron chi connectivity index (χ2n) is 11.4. The molecule has 0 aromatic rings. The van der Waals surface area contributed by atoms with Crippen molar-refractivity contribution >= 4 is 17.9 Å². The fourth-order valence-corrected chi connectivity index (χ4v) is 6.78. The van der Waals surface area contributed by atoms with Crippen LogP contribution in [0.15, 0.2) is 0 Å². The van der Waals surface area contributed by atoms with Crippen molar-refractivity contribution in [2.24, 2.45) is 29.1 Å². The quantitative estimate of drug-likeness (QED) is 0.687. The van der Waals surface area contributed by atoms with Crippen molar-refractivity contribution in [1.29, 1.82) is 0 Å². The number of likely N-dealkylation sites (tertiary alicyclic amines) is 1. The molecule has 4 saturated carbocycles. The lowest BCUT2D eigenvalue weighted by atomic mass is 9.49. The topological polar surface area (TPSA) is 87.7 Å². The molecule has 168 valence electrons. The first-order valence-electron chi connectivity index (χ1n) is 11.7. The molecule has 1 saturated heterocycles. The maximum absolute atomic E-state index is 12.6. The normalized spacial score (nSPS) is 33.3. The lowest BCUT2D eigenvalue weighted by Gasteiger charge is -2.56. The van der Waals surface area contributed by atoms with Crippen LogP contribution in [0.25, 0.3) is 0 Å². The Morgan fingerprint density at radius 3 is 1.97 bits per heavy atom. The Morgan fingerprint density at radius 1 is 0.933 bits per heavy atom. The van der Waals surface area contributed by atoms with Crippen LogP contribution in [0.5, 0.6) is 0 Å². The molecule has 3 amide bonds. The van der Waals surface area contributed by atoms with Crippen molar-refractivity contribution in [2.45, 2.75) is 84.2 Å². The number of hydrazine groups is 1. The van der Waals surface area contributed by atoms with E-state index in [-0.39, 0.29) is 29.2 Å². The lowest BCUT2D eigenvalue weighted by Crippen LogP contribution is -2.51. The highest BCUT2D eigenvalue weighted by atomic mass is 16.6. The largest absolute Gasteiger partial charge is 0.444 e. The van der Waals surface area contributed by atoms with Gasteiger partial charge in [0.05, 0.1) is 0 Å². The fourth-order valence-electron chi connectivity index (χ4n) is 6.78. The summed E-state index contributed by atoms with van der Waals surface area (Å²) in [5.41, 5.74) is 4.97. The average molecular weight is 420 g/mol. The van der Waals surface area contributed by atoms with Gasteiger partial charge < -0.3 is 9.64 Å². The first kappa shape index (κ1) is 21.4. The van der Waals surface area contributed by atoms with Crippen molar-refractivity contribution < 1.29 is 19.1 Å². The molecule has 0 radical (unpaired) electrons. The third kappa shape index (κ3) is 4.92. The molecule has 0 aromatic heterocycles. The Balaban J connectivity index is 1.19.